The predicted molar refractivity (Wildman–Crippen MR) is 98.5 cm³/mol. The van der Waals surface area contributed by atoms with Gasteiger partial charge in [-0.1, -0.05) is 12.1 Å². The van der Waals surface area contributed by atoms with Gasteiger partial charge in [-0.3, -0.25) is 4.79 Å². The zero-order chi connectivity index (χ0) is 18.5. The lowest BCUT2D eigenvalue weighted by Gasteiger charge is -2.39. The van der Waals surface area contributed by atoms with Gasteiger partial charge >= 0.3 is 0 Å². The Hall–Kier alpha value is -1.66. The molecule has 0 aromatic heterocycles. The van der Waals surface area contributed by atoms with Crippen molar-refractivity contribution in [3.63, 3.8) is 0 Å². The first-order chi connectivity index (χ1) is 12.6. The number of anilines is 1. The van der Waals surface area contributed by atoms with E-state index in [1.807, 2.05) is 16.7 Å². The van der Waals surface area contributed by atoms with Crippen molar-refractivity contribution in [2.75, 3.05) is 37.7 Å². The molecule has 0 spiro atoms. The Labute approximate surface area is 154 Å². The third-order valence-corrected chi connectivity index (χ3v) is 5.59. The Morgan fingerprint density at radius 3 is 2.50 bits per heavy atom. The lowest BCUT2D eigenvalue weighted by molar-refractivity contribution is -0.137. The van der Waals surface area contributed by atoms with E-state index in [1.54, 1.807) is 18.2 Å². The Morgan fingerprint density at radius 1 is 1.19 bits per heavy atom. The van der Waals surface area contributed by atoms with E-state index in [4.69, 9.17) is 4.74 Å². The molecule has 0 radical (unpaired) electrons. The summed E-state index contributed by atoms with van der Waals surface area (Å²) in [7, 11) is 0. The molecule has 1 saturated carbocycles. The van der Waals surface area contributed by atoms with E-state index in [0.29, 0.717) is 43.5 Å². The van der Waals surface area contributed by atoms with E-state index in [-0.39, 0.29) is 24.2 Å². The zero-order valence-corrected chi connectivity index (χ0v) is 15.5. The molecule has 1 aliphatic carbocycles. The van der Waals surface area contributed by atoms with Gasteiger partial charge in [-0.2, -0.15) is 0 Å². The lowest BCUT2D eigenvalue weighted by atomic mass is 9.86. The molecule has 0 unspecified atom stereocenters. The number of amides is 1. The third kappa shape index (κ3) is 4.18. The molecule has 1 N–H and O–H groups in total. The Bertz CT molecular complexity index is 609. The average molecular weight is 364 g/mol. The summed E-state index contributed by atoms with van der Waals surface area (Å²) in [5, 5.41) is 9.23. The van der Waals surface area contributed by atoms with Crippen molar-refractivity contribution in [3.05, 3.63) is 29.6 Å². The first-order valence-corrected chi connectivity index (χ1v) is 9.67. The molecule has 1 saturated heterocycles. The average Bonchev–Trinajstić information content (AvgIpc) is 2.69. The van der Waals surface area contributed by atoms with Gasteiger partial charge < -0.3 is 19.6 Å². The summed E-state index contributed by atoms with van der Waals surface area (Å²) >= 11 is 0. The van der Waals surface area contributed by atoms with Crippen molar-refractivity contribution in [2.24, 2.45) is 5.92 Å². The maximum Gasteiger partial charge on any atom is 0.225 e. The second-order valence-corrected chi connectivity index (χ2v) is 7.15. The summed E-state index contributed by atoms with van der Waals surface area (Å²) < 4.78 is 20.1. The van der Waals surface area contributed by atoms with Crippen LogP contribution in [0.4, 0.5) is 10.1 Å². The van der Waals surface area contributed by atoms with Crippen LogP contribution >= 0.6 is 0 Å². The summed E-state index contributed by atoms with van der Waals surface area (Å²) in [6.07, 6.45) is 4.03. The van der Waals surface area contributed by atoms with Crippen molar-refractivity contribution in [1.29, 1.82) is 0 Å². The number of halogens is 1. The SMILES string of the molecule is CCOC1CCC(C(=O)N2CCN(c3cccc(CO)c3F)CC2)CC1. The highest BCUT2D eigenvalue weighted by molar-refractivity contribution is 5.79. The summed E-state index contributed by atoms with van der Waals surface area (Å²) in [6, 6.07) is 5.09. The van der Waals surface area contributed by atoms with E-state index >= 15 is 0 Å². The molecule has 1 aliphatic heterocycles. The second-order valence-electron chi connectivity index (χ2n) is 7.15. The van der Waals surface area contributed by atoms with E-state index in [0.717, 1.165) is 32.3 Å². The van der Waals surface area contributed by atoms with Crippen molar-refractivity contribution >= 4 is 11.6 Å². The Morgan fingerprint density at radius 2 is 1.88 bits per heavy atom. The maximum absolute atomic E-state index is 14.4. The number of hydrogen-bond donors (Lipinski definition) is 1. The number of piperazine rings is 1. The van der Waals surface area contributed by atoms with Crippen molar-refractivity contribution in [3.8, 4) is 0 Å². The highest BCUT2D eigenvalue weighted by Gasteiger charge is 2.31. The number of carbonyl (C=O) groups excluding carboxylic acids is 1. The molecule has 26 heavy (non-hydrogen) atoms. The molecule has 2 fully saturated rings. The summed E-state index contributed by atoms with van der Waals surface area (Å²) in [6.45, 7) is 4.91. The molecule has 3 rings (SSSR count). The van der Waals surface area contributed by atoms with E-state index < -0.39 is 0 Å². The lowest BCUT2D eigenvalue weighted by Crippen LogP contribution is -2.51. The standard InChI is InChI=1S/C20H29FN2O3/c1-2-26-17-8-6-15(7-9-17)20(25)23-12-10-22(11-13-23)18-5-3-4-16(14-24)19(18)21/h3-5,15,17,24H,2,6-14H2,1H3. The first kappa shape index (κ1) is 19.1. The Balaban J connectivity index is 1.53. The molecule has 0 atom stereocenters. The minimum absolute atomic E-state index is 0.104. The van der Waals surface area contributed by atoms with Gasteiger partial charge in [0.05, 0.1) is 18.4 Å². The molecular weight excluding hydrogens is 335 g/mol. The molecule has 6 heteroatoms. The quantitative estimate of drug-likeness (QED) is 0.872. The van der Waals surface area contributed by atoms with Crippen LogP contribution in [0, 0.1) is 11.7 Å². The number of aliphatic hydroxyl groups is 1. The van der Waals surface area contributed by atoms with Crippen LogP contribution in [0.15, 0.2) is 18.2 Å². The van der Waals surface area contributed by atoms with Crippen LogP contribution in [0.1, 0.15) is 38.2 Å². The van der Waals surface area contributed by atoms with Gasteiger partial charge in [0.15, 0.2) is 5.82 Å². The van der Waals surface area contributed by atoms with Crippen LogP contribution in [0.2, 0.25) is 0 Å². The van der Waals surface area contributed by atoms with Gasteiger partial charge in [0.25, 0.3) is 0 Å². The van der Waals surface area contributed by atoms with Crippen LogP contribution in [0.5, 0.6) is 0 Å². The summed E-state index contributed by atoms with van der Waals surface area (Å²) in [5.74, 6) is -0.0130. The molecule has 1 aromatic rings. The van der Waals surface area contributed by atoms with Crippen molar-refractivity contribution in [2.45, 2.75) is 45.3 Å². The highest BCUT2D eigenvalue weighted by atomic mass is 19.1. The minimum Gasteiger partial charge on any atom is -0.392 e. The van der Waals surface area contributed by atoms with Crippen LogP contribution in [0.25, 0.3) is 0 Å². The monoisotopic (exact) mass is 364 g/mol. The summed E-state index contributed by atoms with van der Waals surface area (Å²) in [4.78, 5) is 16.7. The minimum atomic E-state index is -0.357. The number of rotatable bonds is 5. The highest BCUT2D eigenvalue weighted by Crippen LogP contribution is 2.29. The molecule has 1 amide bonds. The molecule has 144 valence electrons. The number of nitrogens with zero attached hydrogens (tertiary/aromatic N) is 2. The van der Waals surface area contributed by atoms with Crippen LogP contribution < -0.4 is 4.90 Å². The molecule has 1 heterocycles. The maximum atomic E-state index is 14.4. The second kappa shape index (κ2) is 8.82. The zero-order valence-electron chi connectivity index (χ0n) is 15.5. The number of benzene rings is 1. The van der Waals surface area contributed by atoms with Gasteiger partial charge in [-0.15, -0.1) is 0 Å². The van der Waals surface area contributed by atoms with E-state index in [2.05, 4.69) is 0 Å². The van der Waals surface area contributed by atoms with Gasteiger partial charge in [0, 0.05) is 44.3 Å². The van der Waals surface area contributed by atoms with Gasteiger partial charge in [-0.25, -0.2) is 4.39 Å². The molecular formula is C20H29FN2O3. The van der Waals surface area contributed by atoms with Gasteiger partial charge in [-0.05, 0) is 38.7 Å². The molecule has 2 aliphatic rings. The fourth-order valence-corrected chi connectivity index (χ4v) is 4.07. The number of aliphatic hydroxyl groups excluding tert-OH is 1. The van der Waals surface area contributed by atoms with Gasteiger partial charge in [0.2, 0.25) is 5.91 Å². The van der Waals surface area contributed by atoms with Crippen LogP contribution in [-0.4, -0.2) is 54.8 Å². The summed E-state index contributed by atoms with van der Waals surface area (Å²) in [5.41, 5.74) is 0.827. The molecule has 1 aromatic carbocycles. The Kier molecular flexibility index (Phi) is 6.48. The van der Waals surface area contributed by atoms with E-state index in [1.165, 1.54) is 0 Å². The van der Waals surface area contributed by atoms with Crippen LogP contribution in [0.3, 0.4) is 0 Å². The first-order valence-electron chi connectivity index (χ1n) is 9.67. The normalized spacial score (nSPS) is 24.0. The number of carbonyl (C=O) groups is 1. The largest absolute Gasteiger partial charge is 0.392 e. The molecule has 0 bridgehead atoms. The van der Waals surface area contributed by atoms with E-state index in [9.17, 15) is 14.3 Å². The van der Waals surface area contributed by atoms with Crippen LogP contribution in [-0.2, 0) is 16.1 Å². The number of ether oxygens (including phenoxy) is 1. The third-order valence-electron chi connectivity index (χ3n) is 5.59. The fourth-order valence-electron chi connectivity index (χ4n) is 4.07. The fraction of sp³-hybridized carbons (Fsp3) is 0.650. The molecule has 5 nitrogen and oxygen atoms in total. The van der Waals surface area contributed by atoms with Crippen molar-refractivity contribution < 1.29 is 19.0 Å². The predicted octanol–water partition coefficient (Wildman–Crippen LogP) is 2.56. The smallest absolute Gasteiger partial charge is 0.225 e. The van der Waals surface area contributed by atoms with Gasteiger partial charge in [0.1, 0.15) is 0 Å². The van der Waals surface area contributed by atoms with Crippen molar-refractivity contribution in [1.82, 2.24) is 4.90 Å². The number of hydrogen-bond acceptors (Lipinski definition) is 4. The topological polar surface area (TPSA) is 53.0 Å².